The number of hydrogen-bond acceptors (Lipinski definition) is 6. The third kappa shape index (κ3) is 4.84. The molecule has 0 saturated carbocycles. The molecule has 0 atom stereocenters. The van der Waals surface area contributed by atoms with Gasteiger partial charge >= 0.3 is 11.7 Å². The van der Waals surface area contributed by atoms with Gasteiger partial charge in [-0.3, -0.25) is 0 Å². The Bertz CT molecular complexity index is 1340. The van der Waals surface area contributed by atoms with Crippen LogP contribution >= 0.6 is 0 Å². The van der Waals surface area contributed by atoms with Crippen LogP contribution in [0.2, 0.25) is 0 Å². The Labute approximate surface area is 186 Å². The minimum atomic E-state index is -3.60. The van der Waals surface area contributed by atoms with Gasteiger partial charge in [-0.2, -0.15) is 0 Å². The van der Waals surface area contributed by atoms with Crippen molar-refractivity contribution in [2.24, 2.45) is 0 Å². The van der Waals surface area contributed by atoms with Gasteiger partial charge in [-0.25, -0.2) is 22.7 Å². The molecule has 170 valence electrons. The van der Waals surface area contributed by atoms with Gasteiger partial charge in [0.15, 0.2) is 0 Å². The molecule has 0 bridgehead atoms. The van der Waals surface area contributed by atoms with Crippen molar-refractivity contribution in [1.29, 1.82) is 0 Å². The number of nitrogens with zero attached hydrogens (tertiary/aromatic N) is 1. The van der Waals surface area contributed by atoms with Crippen LogP contribution in [0.1, 0.15) is 29.2 Å². The predicted molar refractivity (Wildman–Crippen MR) is 122 cm³/mol. The van der Waals surface area contributed by atoms with Crippen molar-refractivity contribution >= 4 is 27.1 Å². The summed E-state index contributed by atoms with van der Waals surface area (Å²) in [6.45, 7) is 5.61. The summed E-state index contributed by atoms with van der Waals surface area (Å²) in [4.78, 5) is 26.1. The SMILES string of the molecule is CCNS(=O)(=O)c1cccc(Cc2c(C)c3cc(C)c(OC(=O)N(C)C)cc3oc2=O)c1. The number of fused-ring (bicyclic) bond motifs is 1. The van der Waals surface area contributed by atoms with E-state index >= 15 is 0 Å². The maximum absolute atomic E-state index is 12.8. The second-order valence-corrected chi connectivity index (χ2v) is 9.46. The van der Waals surface area contributed by atoms with Crippen molar-refractivity contribution in [1.82, 2.24) is 9.62 Å². The lowest BCUT2D eigenvalue weighted by Gasteiger charge is -2.14. The second kappa shape index (κ2) is 9.13. The zero-order chi connectivity index (χ0) is 23.6. The summed E-state index contributed by atoms with van der Waals surface area (Å²) in [7, 11) is -0.449. The number of aryl methyl sites for hydroxylation is 2. The Morgan fingerprint density at radius 2 is 1.88 bits per heavy atom. The number of ether oxygens (including phenoxy) is 1. The largest absolute Gasteiger partial charge is 0.422 e. The molecule has 0 fully saturated rings. The van der Waals surface area contributed by atoms with E-state index in [1.165, 1.54) is 17.0 Å². The minimum absolute atomic E-state index is 0.142. The molecule has 8 nitrogen and oxygen atoms in total. The minimum Gasteiger partial charge on any atom is -0.422 e. The summed E-state index contributed by atoms with van der Waals surface area (Å²) in [5.41, 5.74) is 2.34. The number of hydrogen-bond donors (Lipinski definition) is 1. The van der Waals surface area contributed by atoms with Crippen LogP contribution in [-0.4, -0.2) is 40.1 Å². The Kier molecular flexibility index (Phi) is 6.71. The summed E-state index contributed by atoms with van der Waals surface area (Å²) in [6.07, 6.45) is -0.314. The van der Waals surface area contributed by atoms with E-state index in [2.05, 4.69) is 4.72 Å². The average molecular weight is 459 g/mol. The fourth-order valence-corrected chi connectivity index (χ4v) is 4.44. The van der Waals surface area contributed by atoms with Crippen molar-refractivity contribution in [2.45, 2.75) is 32.1 Å². The van der Waals surface area contributed by atoms with Crippen molar-refractivity contribution in [3.8, 4) is 5.75 Å². The highest BCUT2D eigenvalue weighted by molar-refractivity contribution is 7.89. The quantitative estimate of drug-likeness (QED) is 0.568. The summed E-state index contributed by atoms with van der Waals surface area (Å²) < 4.78 is 37.9. The number of benzene rings is 2. The molecule has 0 aliphatic carbocycles. The molecule has 9 heteroatoms. The molecule has 1 amide bonds. The number of sulfonamides is 1. The first-order chi connectivity index (χ1) is 15.0. The first-order valence-electron chi connectivity index (χ1n) is 10.1. The molecule has 3 rings (SSSR count). The summed E-state index contributed by atoms with van der Waals surface area (Å²) in [6, 6.07) is 9.82. The van der Waals surface area contributed by atoms with E-state index in [9.17, 15) is 18.0 Å². The van der Waals surface area contributed by atoms with Crippen LogP contribution in [0.5, 0.6) is 5.75 Å². The van der Waals surface area contributed by atoms with Gasteiger partial charge in [0.25, 0.3) is 0 Å². The standard InChI is InChI=1S/C23H26N2O6S/c1-6-24-32(28,29)17-9-7-8-16(11-17)12-19-15(3)18-10-14(2)20(31-23(27)25(4)5)13-21(18)30-22(19)26/h7-11,13,24H,6,12H2,1-5H3. The molecule has 0 spiro atoms. The summed E-state index contributed by atoms with van der Waals surface area (Å²) in [5, 5.41) is 0.721. The van der Waals surface area contributed by atoms with Gasteiger partial charge in [-0.15, -0.1) is 0 Å². The van der Waals surface area contributed by atoms with E-state index in [0.717, 1.165) is 10.9 Å². The van der Waals surface area contributed by atoms with E-state index in [1.54, 1.807) is 52.2 Å². The molecule has 3 aromatic rings. The number of carbonyl (C=O) groups is 1. The van der Waals surface area contributed by atoms with Crippen LogP contribution in [-0.2, 0) is 16.4 Å². The highest BCUT2D eigenvalue weighted by Gasteiger charge is 2.18. The van der Waals surface area contributed by atoms with Gasteiger partial charge in [-0.1, -0.05) is 19.1 Å². The topological polar surface area (TPSA) is 106 Å². The predicted octanol–water partition coefficient (Wildman–Crippen LogP) is 3.36. The molecular formula is C23H26N2O6S. The fourth-order valence-electron chi connectivity index (χ4n) is 3.32. The van der Waals surface area contributed by atoms with Crippen LogP contribution in [0, 0.1) is 13.8 Å². The Balaban J connectivity index is 2.02. The lowest BCUT2D eigenvalue weighted by molar-refractivity contribution is 0.171. The van der Waals surface area contributed by atoms with Gasteiger partial charge in [0.05, 0.1) is 4.90 Å². The average Bonchev–Trinajstić information content (AvgIpc) is 2.72. The van der Waals surface area contributed by atoms with Gasteiger partial charge < -0.3 is 14.1 Å². The van der Waals surface area contributed by atoms with E-state index in [0.29, 0.717) is 28.0 Å². The molecule has 32 heavy (non-hydrogen) atoms. The zero-order valence-corrected chi connectivity index (χ0v) is 19.5. The molecule has 2 aromatic carbocycles. The van der Waals surface area contributed by atoms with Crippen LogP contribution in [0.4, 0.5) is 4.79 Å². The van der Waals surface area contributed by atoms with E-state index in [-0.39, 0.29) is 17.9 Å². The number of nitrogens with one attached hydrogen (secondary N) is 1. The van der Waals surface area contributed by atoms with E-state index in [4.69, 9.17) is 9.15 Å². The van der Waals surface area contributed by atoms with Crippen LogP contribution in [0.25, 0.3) is 11.0 Å². The lowest BCUT2D eigenvalue weighted by Crippen LogP contribution is -2.25. The Hall–Kier alpha value is -3.17. The maximum Gasteiger partial charge on any atom is 0.414 e. The van der Waals surface area contributed by atoms with Crippen molar-refractivity contribution in [3.05, 3.63) is 69.1 Å². The highest BCUT2D eigenvalue weighted by Crippen LogP contribution is 2.29. The van der Waals surface area contributed by atoms with Crippen molar-refractivity contribution < 1.29 is 22.4 Å². The Morgan fingerprint density at radius 3 is 2.53 bits per heavy atom. The molecule has 0 saturated heterocycles. The number of rotatable bonds is 6. The van der Waals surface area contributed by atoms with Gasteiger partial charge in [-0.05, 0) is 48.7 Å². The van der Waals surface area contributed by atoms with Gasteiger partial charge in [0, 0.05) is 44.1 Å². The van der Waals surface area contributed by atoms with Crippen molar-refractivity contribution in [3.63, 3.8) is 0 Å². The van der Waals surface area contributed by atoms with Gasteiger partial charge in [0.2, 0.25) is 10.0 Å². The van der Waals surface area contributed by atoms with Crippen LogP contribution < -0.4 is 15.1 Å². The first kappa shape index (κ1) is 23.5. The highest BCUT2D eigenvalue weighted by atomic mass is 32.2. The van der Waals surface area contributed by atoms with E-state index in [1.807, 2.05) is 6.92 Å². The van der Waals surface area contributed by atoms with Gasteiger partial charge in [0.1, 0.15) is 11.3 Å². The normalized spacial score (nSPS) is 11.5. The molecule has 0 radical (unpaired) electrons. The molecule has 1 heterocycles. The van der Waals surface area contributed by atoms with E-state index < -0.39 is 21.7 Å². The second-order valence-electron chi connectivity index (χ2n) is 7.69. The van der Waals surface area contributed by atoms with Crippen LogP contribution in [0.3, 0.4) is 0 Å². The monoisotopic (exact) mass is 458 g/mol. The molecule has 0 unspecified atom stereocenters. The lowest BCUT2D eigenvalue weighted by atomic mass is 9.98. The smallest absolute Gasteiger partial charge is 0.414 e. The fraction of sp³-hybridized carbons (Fsp3) is 0.304. The molecule has 0 aliphatic rings. The maximum atomic E-state index is 12.8. The summed E-state index contributed by atoms with van der Waals surface area (Å²) >= 11 is 0. The molecule has 1 N–H and O–H groups in total. The third-order valence-electron chi connectivity index (χ3n) is 5.07. The third-order valence-corrected chi connectivity index (χ3v) is 6.61. The van der Waals surface area contributed by atoms with Crippen molar-refractivity contribution in [2.75, 3.05) is 20.6 Å². The number of carbonyl (C=O) groups excluding carboxylic acids is 1. The molecule has 1 aromatic heterocycles. The zero-order valence-electron chi connectivity index (χ0n) is 18.7. The Morgan fingerprint density at radius 1 is 1.16 bits per heavy atom. The summed E-state index contributed by atoms with van der Waals surface area (Å²) in [5.74, 6) is 0.313. The van der Waals surface area contributed by atoms with Crippen LogP contribution in [0.15, 0.2) is 50.5 Å². The first-order valence-corrected chi connectivity index (χ1v) is 11.6. The molecule has 0 aliphatic heterocycles. The number of amides is 1. The molecular weight excluding hydrogens is 432 g/mol.